The van der Waals surface area contributed by atoms with Crippen LogP contribution in [0.4, 0.5) is 20.3 Å². The Morgan fingerprint density at radius 2 is 2.05 bits per heavy atom. The number of anilines is 2. The second-order valence-corrected chi connectivity index (χ2v) is 4.52. The molecule has 4 nitrogen and oxygen atoms in total. The summed E-state index contributed by atoms with van der Waals surface area (Å²) < 4.78 is 26.1. The fraction of sp³-hybridized carbons (Fsp3) is 0. The van der Waals surface area contributed by atoms with E-state index in [0.717, 1.165) is 18.3 Å². The van der Waals surface area contributed by atoms with Crippen molar-refractivity contribution in [3.05, 3.63) is 52.1 Å². The van der Waals surface area contributed by atoms with E-state index in [1.165, 1.54) is 12.1 Å². The van der Waals surface area contributed by atoms with Crippen molar-refractivity contribution in [2.45, 2.75) is 0 Å². The predicted octanol–water partition coefficient (Wildman–Crippen LogP) is 2.96. The first-order valence-corrected chi connectivity index (χ1v) is 5.94. The molecule has 0 spiro atoms. The van der Waals surface area contributed by atoms with Gasteiger partial charge in [0.05, 0.1) is 17.4 Å². The molecule has 0 saturated heterocycles. The molecule has 1 heterocycles. The molecule has 1 aromatic carbocycles. The summed E-state index contributed by atoms with van der Waals surface area (Å²) in [6.07, 6.45) is 0.976. The van der Waals surface area contributed by atoms with Crippen LogP contribution in [0.2, 0.25) is 0 Å². The van der Waals surface area contributed by atoms with Crippen molar-refractivity contribution in [2.24, 2.45) is 0 Å². The van der Waals surface area contributed by atoms with Crippen LogP contribution in [0.5, 0.6) is 0 Å². The summed E-state index contributed by atoms with van der Waals surface area (Å²) in [5.41, 5.74) is 5.42. The lowest BCUT2D eigenvalue weighted by atomic mass is 10.2. The molecular formula is C12H8BrF2N3O. The van der Waals surface area contributed by atoms with Crippen LogP contribution in [0.3, 0.4) is 0 Å². The zero-order valence-electron chi connectivity index (χ0n) is 9.45. The number of pyridine rings is 1. The third kappa shape index (κ3) is 3.05. The number of nitrogens with one attached hydrogen (secondary N) is 1. The third-order valence-corrected chi connectivity index (χ3v) is 2.96. The van der Waals surface area contributed by atoms with Gasteiger partial charge in [-0.3, -0.25) is 4.79 Å². The molecule has 0 aliphatic heterocycles. The van der Waals surface area contributed by atoms with Crippen LogP contribution in [0.1, 0.15) is 10.4 Å². The van der Waals surface area contributed by atoms with Gasteiger partial charge in [0.25, 0.3) is 5.91 Å². The van der Waals surface area contributed by atoms with Gasteiger partial charge in [-0.15, -0.1) is 0 Å². The molecule has 2 aromatic rings. The monoisotopic (exact) mass is 327 g/mol. The summed E-state index contributed by atoms with van der Waals surface area (Å²) in [5.74, 6) is -1.48. The fourth-order valence-electron chi connectivity index (χ4n) is 1.37. The van der Waals surface area contributed by atoms with Crippen molar-refractivity contribution in [2.75, 3.05) is 11.1 Å². The maximum absolute atomic E-state index is 13.2. The van der Waals surface area contributed by atoms with E-state index in [1.807, 2.05) is 0 Å². The van der Waals surface area contributed by atoms with E-state index < -0.39 is 17.5 Å². The molecule has 0 atom stereocenters. The minimum absolute atomic E-state index is 0.139. The lowest BCUT2D eigenvalue weighted by molar-refractivity contribution is 0.102. The number of hydrogen-bond acceptors (Lipinski definition) is 3. The highest BCUT2D eigenvalue weighted by atomic mass is 79.9. The highest BCUT2D eigenvalue weighted by Gasteiger charge is 2.14. The summed E-state index contributed by atoms with van der Waals surface area (Å²) in [5, 5.41) is 2.45. The Hall–Kier alpha value is -2.02. The number of aromatic nitrogens is 1. The zero-order chi connectivity index (χ0) is 14.0. The largest absolute Gasteiger partial charge is 0.396 e. The second-order valence-electron chi connectivity index (χ2n) is 3.67. The van der Waals surface area contributed by atoms with E-state index in [1.54, 1.807) is 0 Å². The summed E-state index contributed by atoms with van der Waals surface area (Å²) in [7, 11) is 0. The molecular weight excluding hydrogens is 320 g/mol. The number of rotatable bonds is 2. The summed E-state index contributed by atoms with van der Waals surface area (Å²) in [6.45, 7) is 0. The predicted molar refractivity (Wildman–Crippen MR) is 70.7 cm³/mol. The maximum atomic E-state index is 13.2. The van der Waals surface area contributed by atoms with Gasteiger partial charge in [-0.05, 0) is 40.2 Å². The number of carbonyl (C=O) groups is 1. The average Bonchev–Trinajstić information content (AvgIpc) is 2.36. The molecule has 0 fully saturated rings. The first kappa shape index (κ1) is 13.4. The van der Waals surface area contributed by atoms with E-state index in [2.05, 4.69) is 26.2 Å². The molecule has 0 bridgehead atoms. The van der Waals surface area contributed by atoms with E-state index in [-0.39, 0.29) is 21.5 Å². The quantitative estimate of drug-likeness (QED) is 0.833. The third-order valence-electron chi connectivity index (χ3n) is 2.30. The van der Waals surface area contributed by atoms with Crippen molar-refractivity contribution < 1.29 is 13.6 Å². The van der Waals surface area contributed by atoms with Gasteiger partial charge >= 0.3 is 0 Å². The van der Waals surface area contributed by atoms with E-state index >= 15 is 0 Å². The molecule has 0 aliphatic carbocycles. The van der Waals surface area contributed by atoms with Gasteiger partial charge in [0.1, 0.15) is 17.5 Å². The first-order chi connectivity index (χ1) is 8.97. The minimum Gasteiger partial charge on any atom is -0.396 e. The number of amides is 1. The number of nitrogen functional groups attached to an aromatic ring is 1. The van der Waals surface area contributed by atoms with Gasteiger partial charge in [-0.25, -0.2) is 13.8 Å². The highest BCUT2D eigenvalue weighted by Crippen LogP contribution is 2.23. The molecule has 2 rings (SSSR count). The van der Waals surface area contributed by atoms with Crippen LogP contribution in [0, 0.1) is 11.6 Å². The normalized spacial score (nSPS) is 10.3. The maximum Gasteiger partial charge on any atom is 0.258 e. The number of nitrogens with zero attached hydrogens (tertiary/aromatic N) is 1. The van der Waals surface area contributed by atoms with Crippen LogP contribution >= 0.6 is 15.9 Å². The second kappa shape index (κ2) is 5.31. The van der Waals surface area contributed by atoms with Gasteiger partial charge in [-0.1, -0.05) is 0 Å². The Morgan fingerprint density at radius 1 is 1.32 bits per heavy atom. The first-order valence-electron chi connectivity index (χ1n) is 5.15. The molecule has 0 aliphatic rings. The smallest absolute Gasteiger partial charge is 0.258 e. The van der Waals surface area contributed by atoms with Crippen LogP contribution in [0.15, 0.2) is 34.9 Å². The Labute approximate surface area is 115 Å². The molecule has 98 valence electrons. The summed E-state index contributed by atoms with van der Waals surface area (Å²) >= 11 is 3.07. The van der Waals surface area contributed by atoms with Gasteiger partial charge in [-0.2, -0.15) is 0 Å². The molecule has 19 heavy (non-hydrogen) atoms. The number of halogens is 3. The Bertz CT molecular complexity index is 632. The SMILES string of the molecule is Nc1cc(C(=O)Nc2ccc(F)cn2)c(Br)cc1F. The van der Waals surface area contributed by atoms with E-state index in [9.17, 15) is 13.6 Å². The summed E-state index contributed by atoms with van der Waals surface area (Å²) in [6, 6.07) is 4.78. The summed E-state index contributed by atoms with van der Waals surface area (Å²) in [4.78, 5) is 15.6. The molecule has 0 radical (unpaired) electrons. The minimum atomic E-state index is -0.622. The molecule has 1 aromatic heterocycles. The van der Waals surface area contributed by atoms with Gasteiger partial charge in [0.15, 0.2) is 0 Å². The van der Waals surface area contributed by atoms with Gasteiger partial charge < -0.3 is 11.1 Å². The topological polar surface area (TPSA) is 68.0 Å². The molecule has 3 N–H and O–H groups in total. The Kier molecular flexibility index (Phi) is 3.75. The Balaban J connectivity index is 2.25. The van der Waals surface area contributed by atoms with Crippen molar-refractivity contribution in [3.8, 4) is 0 Å². The van der Waals surface area contributed by atoms with Gasteiger partial charge in [0, 0.05) is 4.47 Å². The van der Waals surface area contributed by atoms with E-state index in [0.29, 0.717) is 0 Å². The molecule has 0 saturated carbocycles. The standard InChI is InChI=1S/C12H8BrF2N3O/c13-8-4-9(15)10(16)3-7(8)12(19)18-11-2-1-6(14)5-17-11/h1-5H,16H2,(H,17,18,19). The molecule has 0 unspecified atom stereocenters. The highest BCUT2D eigenvalue weighted by molar-refractivity contribution is 9.10. The zero-order valence-corrected chi connectivity index (χ0v) is 11.0. The Morgan fingerprint density at radius 3 is 2.68 bits per heavy atom. The number of hydrogen-bond donors (Lipinski definition) is 2. The molecule has 1 amide bonds. The van der Waals surface area contributed by atoms with Crippen molar-refractivity contribution in [1.82, 2.24) is 4.98 Å². The van der Waals surface area contributed by atoms with Crippen LogP contribution < -0.4 is 11.1 Å². The average molecular weight is 328 g/mol. The molecule has 7 heteroatoms. The van der Waals surface area contributed by atoms with Crippen LogP contribution in [-0.2, 0) is 0 Å². The number of carbonyl (C=O) groups excluding carboxylic acids is 1. The lowest BCUT2D eigenvalue weighted by Gasteiger charge is -2.07. The van der Waals surface area contributed by atoms with Crippen molar-refractivity contribution in [1.29, 1.82) is 0 Å². The lowest BCUT2D eigenvalue weighted by Crippen LogP contribution is -2.14. The van der Waals surface area contributed by atoms with Crippen LogP contribution in [-0.4, -0.2) is 10.9 Å². The van der Waals surface area contributed by atoms with Gasteiger partial charge in [0.2, 0.25) is 0 Å². The van der Waals surface area contributed by atoms with Crippen molar-refractivity contribution in [3.63, 3.8) is 0 Å². The fourth-order valence-corrected chi connectivity index (χ4v) is 1.87. The number of benzene rings is 1. The van der Waals surface area contributed by atoms with E-state index in [4.69, 9.17) is 5.73 Å². The number of nitrogens with two attached hydrogens (primary N) is 1. The van der Waals surface area contributed by atoms with Crippen LogP contribution in [0.25, 0.3) is 0 Å². The van der Waals surface area contributed by atoms with Crippen molar-refractivity contribution >= 4 is 33.3 Å².